The van der Waals surface area contributed by atoms with Crippen LogP contribution in [0.2, 0.25) is 0 Å². The van der Waals surface area contributed by atoms with Crippen LogP contribution in [0.25, 0.3) is 0 Å². The number of hydrogen-bond acceptors (Lipinski definition) is 9. The van der Waals surface area contributed by atoms with Crippen molar-refractivity contribution < 1.29 is 14.2 Å². The number of fused-ring (bicyclic) bond motifs is 12. The summed E-state index contributed by atoms with van der Waals surface area (Å²) in [6.45, 7) is 5.85. The Morgan fingerprint density at radius 1 is 0.189 bits per heavy atom. The largest absolute Gasteiger partial charge is 0.458 e. The average molecular weight is 1420 g/mol. The van der Waals surface area contributed by atoms with Gasteiger partial charge in [-0.1, -0.05) is 212 Å². The molecule has 16 aromatic carbocycles. The van der Waals surface area contributed by atoms with E-state index in [2.05, 4.69) is 414 Å². The predicted octanol–water partition coefficient (Wildman–Crippen LogP) is 20.2. The van der Waals surface area contributed by atoms with E-state index >= 15 is 0 Å². The fourth-order valence-electron chi connectivity index (χ4n) is 18.5. The van der Waals surface area contributed by atoms with Crippen LogP contribution in [0, 0.1) is 20.8 Å². The topological polar surface area (TPSA) is 47.1 Å². The molecule has 0 aromatic heterocycles. The van der Waals surface area contributed by atoms with Crippen LogP contribution in [0.15, 0.2) is 364 Å². The van der Waals surface area contributed by atoms with Crippen LogP contribution in [0.4, 0.5) is 102 Å². The predicted molar refractivity (Wildman–Crippen MR) is 462 cm³/mol. The Kier molecular flexibility index (Phi) is 14.8. The fourth-order valence-corrected chi connectivity index (χ4v) is 18.5. The van der Waals surface area contributed by atoms with E-state index in [1.165, 1.54) is 16.4 Å². The van der Waals surface area contributed by atoms with Gasteiger partial charge in [0.05, 0.1) is 17.1 Å². The lowest BCUT2D eigenvalue weighted by molar-refractivity contribution is 0.465. The van der Waals surface area contributed by atoms with E-state index in [0.29, 0.717) is 0 Å². The first kappa shape index (κ1) is 64.1. The van der Waals surface area contributed by atoms with Crippen molar-refractivity contribution in [1.29, 1.82) is 0 Å². The van der Waals surface area contributed by atoms with Gasteiger partial charge in [-0.3, -0.25) is 0 Å². The van der Waals surface area contributed by atoms with Gasteiger partial charge in [-0.05, 0) is 209 Å². The van der Waals surface area contributed by atoms with E-state index in [1.807, 2.05) is 0 Å². The van der Waals surface area contributed by atoms with Gasteiger partial charge in [-0.2, -0.15) is 0 Å². The Hall–Kier alpha value is -14.1. The van der Waals surface area contributed by atoms with Crippen LogP contribution in [0.5, 0.6) is 34.5 Å². The second kappa shape index (κ2) is 25.5. The minimum absolute atomic E-state index is 0.265. The molecule has 0 atom stereocenters. The van der Waals surface area contributed by atoms with E-state index in [-0.39, 0.29) is 20.1 Å². The summed E-state index contributed by atoms with van der Waals surface area (Å²) in [5.41, 5.74) is 32.2. The van der Waals surface area contributed by atoms with Crippen LogP contribution < -0.4 is 92.8 Å². The third-order valence-electron chi connectivity index (χ3n) is 23.3. The number of benzene rings is 16. The Balaban J connectivity index is 0.857. The smallest absolute Gasteiger partial charge is 0.260 e. The molecule has 9 nitrogen and oxygen atoms in total. The van der Waals surface area contributed by atoms with E-state index in [4.69, 9.17) is 14.2 Å². The third-order valence-corrected chi connectivity index (χ3v) is 23.3. The normalized spacial score (nSPS) is 13.1. The summed E-state index contributed by atoms with van der Waals surface area (Å²) in [4.78, 5) is 14.8. The number of rotatable bonds is 12. The van der Waals surface area contributed by atoms with Crippen LogP contribution in [-0.2, 0) is 0 Å². The van der Waals surface area contributed by atoms with Crippen molar-refractivity contribution in [1.82, 2.24) is 0 Å². The van der Waals surface area contributed by atoms with Gasteiger partial charge in [-0.25, -0.2) is 0 Å². The quantitative estimate of drug-likeness (QED) is 0.111. The molecule has 6 aliphatic heterocycles. The maximum Gasteiger partial charge on any atom is 0.260 e. The highest BCUT2D eigenvalue weighted by Gasteiger charge is 2.51. The molecule has 0 radical (unpaired) electrons. The number of anilines is 18. The molecule has 12 heteroatoms. The fraction of sp³-hybridized carbons (Fsp3) is 0.0303. The Bertz CT molecular complexity index is 6320. The molecule has 22 rings (SSSR count). The highest BCUT2D eigenvalue weighted by Crippen LogP contribution is 2.54. The molecule has 16 aromatic rings. The zero-order valence-electron chi connectivity index (χ0n) is 61.3. The Labute approximate surface area is 647 Å². The number of hydrogen-bond donors (Lipinski definition) is 0. The van der Waals surface area contributed by atoms with Crippen molar-refractivity contribution in [2.45, 2.75) is 20.8 Å². The monoisotopic (exact) mass is 1420 g/mol. The van der Waals surface area contributed by atoms with Gasteiger partial charge in [0.2, 0.25) is 0 Å². The summed E-state index contributed by atoms with van der Waals surface area (Å²) in [6.07, 6.45) is 0. The number of aryl methyl sites for hydroxylation is 3. The molecular formula is C99H69B3N6O3. The number of ether oxygens (including phenoxy) is 3. The molecular weight excluding hydrogens is 1350 g/mol. The van der Waals surface area contributed by atoms with Gasteiger partial charge in [-0.15, -0.1) is 0 Å². The molecule has 0 saturated heterocycles. The number of nitrogens with zero attached hydrogens (tertiary/aromatic N) is 6. The second-order valence-corrected chi connectivity index (χ2v) is 29.6. The summed E-state index contributed by atoms with van der Waals surface area (Å²) in [5.74, 6) is 4.74. The molecule has 522 valence electrons. The van der Waals surface area contributed by atoms with Crippen molar-refractivity contribution >= 4 is 172 Å². The SMILES string of the molecule is Cc1ccccc1N1c2cc3c(cc2B2c4ccccc4Oc4cc(N(c5ccccc5)c5ccccc5)cc1c42)B1c2cc4c(cc2N(c2ccccc2C)c2cc(N(c5ccccc5)c5ccccc5)cc(c21)N3c1ccccc1C)Oc1cc(N(c2ccccc2)c2ccccc2)cc2c1B4c1ccccc1O2. The Morgan fingerprint density at radius 2 is 0.468 bits per heavy atom. The van der Waals surface area contributed by atoms with Crippen molar-refractivity contribution in [3.05, 3.63) is 381 Å². The summed E-state index contributed by atoms with van der Waals surface area (Å²) in [5, 5.41) is 0. The number of para-hydroxylation sites is 11. The van der Waals surface area contributed by atoms with Gasteiger partial charge < -0.3 is 43.6 Å². The van der Waals surface area contributed by atoms with Gasteiger partial charge >= 0.3 is 0 Å². The van der Waals surface area contributed by atoms with E-state index in [0.717, 1.165) is 186 Å². The van der Waals surface area contributed by atoms with E-state index < -0.39 is 0 Å². The summed E-state index contributed by atoms with van der Waals surface area (Å²) in [7, 11) is 0. The minimum atomic E-state index is -0.369. The minimum Gasteiger partial charge on any atom is -0.458 e. The van der Waals surface area contributed by atoms with Crippen molar-refractivity contribution in [3.63, 3.8) is 0 Å². The zero-order valence-corrected chi connectivity index (χ0v) is 61.3. The van der Waals surface area contributed by atoms with Crippen LogP contribution in [0.3, 0.4) is 0 Å². The first-order chi connectivity index (χ1) is 54.8. The average Bonchev–Trinajstić information content (AvgIpc) is 0.686. The van der Waals surface area contributed by atoms with Gasteiger partial charge in [0, 0.05) is 115 Å². The van der Waals surface area contributed by atoms with Gasteiger partial charge in [0.15, 0.2) is 0 Å². The highest BCUT2D eigenvalue weighted by atomic mass is 16.5. The Morgan fingerprint density at radius 3 is 0.856 bits per heavy atom. The molecule has 6 aliphatic rings. The molecule has 6 heterocycles. The van der Waals surface area contributed by atoms with E-state index in [9.17, 15) is 0 Å². The standard InChI is InChI=1S/C99H69B3N6O3/c1-64-32-22-27-49-82(64)106-86-62-85-78(100-76-47-25-30-52-91(76)109-94-57-74(56-90(98(94)100)107(85)83-50-28-23-33-65(83)2)104(69-39-14-6-15-40-69)70-41-16-7-17-42-70)60-79(86)102-80-61-81-93(111-96-59-75(58-95-99(96)101(81)77-48-26-31-53-92(77)110-95)105(71-43-18-8-19-44-71)72-45-20-9-21-46-72)63-87(80)108(84-51-29-24-34-66(84)3)89-55-73(54-88(106)97(89)102)103(67-35-10-4-11-36-67)68-37-12-5-13-38-68/h4-63H,1-3H3. The first-order valence-electron chi connectivity index (χ1n) is 38.2. The lowest BCUT2D eigenvalue weighted by Crippen LogP contribution is -2.65. The summed E-state index contributed by atoms with van der Waals surface area (Å²) >= 11 is 0. The van der Waals surface area contributed by atoms with Crippen LogP contribution in [0.1, 0.15) is 16.7 Å². The van der Waals surface area contributed by atoms with Crippen molar-refractivity contribution in [2.24, 2.45) is 0 Å². The van der Waals surface area contributed by atoms with E-state index in [1.54, 1.807) is 0 Å². The maximum absolute atomic E-state index is 7.77. The van der Waals surface area contributed by atoms with Crippen LogP contribution >= 0.6 is 0 Å². The maximum atomic E-state index is 7.77. The third kappa shape index (κ3) is 10.1. The first-order valence-corrected chi connectivity index (χ1v) is 38.2. The molecule has 0 aliphatic carbocycles. The molecule has 0 amide bonds. The van der Waals surface area contributed by atoms with Crippen molar-refractivity contribution in [2.75, 3.05) is 29.4 Å². The molecule has 0 unspecified atom stereocenters. The second-order valence-electron chi connectivity index (χ2n) is 29.6. The van der Waals surface area contributed by atoms with Crippen LogP contribution in [-0.4, -0.2) is 20.1 Å². The summed E-state index contributed by atoms with van der Waals surface area (Å²) < 4.78 is 22.4. The highest BCUT2D eigenvalue weighted by molar-refractivity contribution is 7.04. The molecule has 111 heavy (non-hydrogen) atoms. The summed E-state index contributed by atoms with van der Waals surface area (Å²) in [6, 6.07) is 133. The lowest BCUT2D eigenvalue weighted by Gasteiger charge is -2.47. The molecule has 0 saturated carbocycles. The lowest BCUT2D eigenvalue weighted by atomic mass is 9.29. The van der Waals surface area contributed by atoms with Gasteiger partial charge in [0.25, 0.3) is 20.1 Å². The van der Waals surface area contributed by atoms with Crippen molar-refractivity contribution in [3.8, 4) is 34.5 Å². The molecule has 0 spiro atoms. The molecule has 0 bridgehead atoms. The molecule has 0 fully saturated rings. The molecule has 0 N–H and O–H groups in total. The van der Waals surface area contributed by atoms with Gasteiger partial charge in [0.1, 0.15) is 34.5 Å². The zero-order chi connectivity index (χ0) is 73.5.